The molecule has 1 unspecified atom stereocenters. The van der Waals surface area contributed by atoms with Crippen molar-refractivity contribution >= 4 is 11.6 Å². The van der Waals surface area contributed by atoms with Gasteiger partial charge in [-0.3, -0.25) is 19.1 Å². The summed E-state index contributed by atoms with van der Waals surface area (Å²) in [6.07, 6.45) is 8.53. The molecule has 2 saturated heterocycles. The zero-order chi connectivity index (χ0) is 17.5. The SMILES string of the molecule is O=C1CCCN1c1cnn(C2CCN(Cc3cnn4c3COCC4)C2)c1. The Morgan fingerprint density at radius 2 is 2.15 bits per heavy atom. The lowest BCUT2D eigenvalue weighted by Crippen LogP contribution is -2.24. The van der Waals surface area contributed by atoms with Crippen LogP contribution < -0.4 is 4.90 Å². The summed E-state index contributed by atoms with van der Waals surface area (Å²) in [6, 6.07) is 0.365. The van der Waals surface area contributed by atoms with Crippen LogP contribution in [-0.2, 0) is 29.2 Å². The fourth-order valence-electron chi connectivity index (χ4n) is 4.26. The molecule has 1 amide bonds. The smallest absolute Gasteiger partial charge is 0.227 e. The number of hydrogen-bond donors (Lipinski definition) is 0. The second kappa shape index (κ2) is 6.51. The highest BCUT2D eigenvalue weighted by atomic mass is 16.5. The highest BCUT2D eigenvalue weighted by molar-refractivity contribution is 5.95. The van der Waals surface area contributed by atoms with Crippen molar-refractivity contribution in [1.29, 1.82) is 0 Å². The molecule has 0 saturated carbocycles. The molecule has 2 fully saturated rings. The number of aromatic nitrogens is 4. The van der Waals surface area contributed by atoms with Gasteiger partial charge in [-0.15, -0.1) is 0 Å². The van der Waals surface area contributed by atoms with Crippen LogP contribution >= 0.6 is 0 Å². The normalized spacial score (nSPS) is 23.8. The minimum Gasteiger partial charge on any atom is -0.373 e. The number of fused-ring (bicyclic) bond motifs is 1. The van der Waals surface area contributed by atoms with E-state index in [2.05, 4.69) is 19.8 Å². The minimum absolute atomic E-state index is 0.214. The summed E-state index contributed by atoms with van der Waals surface area (Å²) < 4.78 is 9.69. The van der Waals surface area contributed by atoms with E-state index in [1.54, 1.807) is 0 Å². The van der Waals surface area contributed by atoms with Crippen LogP contribution in [0.5, 0.6) is 0 Å². The van der Waals surface area contributed by atoms with Gasteiger partial charge >= 0.3 is 0 Å². The molecular weight excluding hydrogens is 332 g/mol. The summed E-state index contributed by atoms with van der Waals surface area (Å²) in [4.78, 5) is 16.2. The molecule has 8 nitrogen and oxygen atoms in total. The van der Waals surface area contributed by atoms with E-state index in [1.807, 2.05) is 28.2 Å². The van der Waals surface area contributed by atoms with Gasteiger partial charge in [-0.1, -0.05) is 0 Å². The largest absolute Gasteiger partial charge is 0.373 e. The van der Waals surface area contributed by atoms with E-state index in [4.69, 9.17) is 4.74 Å². The lowest BCUT2D eigenvalue weighted by molar-refractivity contribution is -0.117. The van der Waals surface area contributed by atoms with Crippen LogP contribution in [0.15, 0.2) is 18.6 Å². The predicted molar refractivity (Wildman–Crippen MR) is 94.6 cm³/mol. The van der Waals surface area contributed by atoms with Gasteiger partial charge < -0.3 is 9.64 Å². The van der Waals surface area contributed by atoms with Crippen LogP contribution in [0.4, 0.5) is 5.69 Å². The summed E-state index contributed by atoms with van der Waals surface area (Å²) in [7, 11) is 0. The van der Waals surface area contributed by atoms with Gasteiger partial charge in [0.25, 0.3) is 0 Å². The van der Waals surface area contributed by atoms with E-state index in [9.17, 15) is 4.79 Å². The molecule has 3 aliphatic heterocycles. The molecule has 26 heavy (non-hydrogen) atoms. The van der Waals surface area contributed by atoms with E-state index >= 15 is 0 Å². The fourth-order valence-corrected chi connectivity index (χ4v) is 4.26. The molecular formula is C18H24N6O2. The Morgan fingerprint density at radius 1 is 1.19 bits per heavy atom. The lowest BCUT2D eigenvalue weighted by Gasteiger charge is -2.19. The Hall–Kier alpha value is -2.19. The number of ether oxygens (including phenoxy) is 1. The topological polar surface area (TPSA) is 68.4 Å². The number of nitrogens with zero attached hydrogens (tertiary/aromatic N) is 6. The fraction of sp³-hybridized carbons (Fsp3) is 0.611. The number of amides is 1. The van der Waals surface area contributed by atoms with Gasteiger partial charge in [0, 0.05) is 44.4 Å². The first-order valence-corrected chi connectivity index (χ1v) is 9.46. The van der Waals surface area contributed by atoms with Crippen molar-refractivity contribution in [2.45, 2.75) is 45.0 Å². The Labute approximate surface area is 152 Å². The average Bonchev–Trinajstić information content (AvgIpc) is 3.42. The third kappa shape index (κ3) is 2.83. The molecule has 5 heterocycles. The van der Waals surface area contributed by atoms with Crippen molar-refractivity contribution < 1.29 is 9.53 Å². The van der Waals surface area contributed by atoms with Crippen molar-refractivity contribution in [2.75, 3.05) is 31.1 Å². The first-order chi connectivity index (χ1) is 12.8. The Kier molecular flexibility index (Phi) is 4.01. The van der Waals surface area contributed by atoms with E-state index < -0.39 is 0 Å². The van der Waals surface area contributed by atoms with Crippen molar-refractivity contribution in [2.24, 2.45) is 0 Å². The molecule has 0 aromatic carbocycles. The second-order valence-corrected chi connectivity index (χ2v) is 7.40. The van der Waals surface area contributed by atoms with Gasteiger partial charge in [0.1, 0.15) is 0 Å². The molecule has 3 aliphatic rings. The number of anilines is 1. The number of carbonyl (C=O) groups is 1. The molecule has 0 bridgehead atoms. The summed E-state index contributed by atoms with van der Waals surface area (Å²) in [5.74, 6) is 0.214. The van der Waals surface area contributed by atoms with Gasteiger partial charge in [0.2, 0.25) is 5.91 Å². The summed E-state index contributed by atoms with van der Waals surface area (Å²) in [5, 5.41) is 9.02. The third-order valence-electron chi connectivity index (χ3n) is 5.71. The van der Waals surface area contributed by atoms with Crippen LogP contribution in [0.2, 0.25) is 0 Å². The number of likely N-dealkylation sites (tertiary alicyclic amines) is 1. The molecule has 2 aromatic heterocycles. The molecule has 8 heteroatoms. The standard InChI is InChI=1S/C18H24N6O2/c25-18-2-1-4-22(18)16-9-20-24(12-16)15-3-5-21(11-15)10-14-8-19-23-6-7-26-13-17(14)23/h8-9,12,15H,1-7,10-11,13H2. The van der Waals surface area contributed by atoms with Crippen LogP contribution in [0.25, 0.3) is 0 Å². The number of hydrogen-bond acceptors (Lipinski definition) is 5. The first kappa shape index (κ1) is 16.0. The molecule has 1 atom stereocenters. The van der Waals surface area contributed by atoms with Gasteiger partial charge in [-0.25, -0.2) is 0 Å². The Bertz CT molecular complexity index is 812. The maximum absolute atomic E-state index is 11.9. The van der Waals surface area contributed by atoms with Crippen LogP contribution in [0.1, 0.15) is 36.6 Å². The van der Waals surface area contributed by atoms with Crippen LogP contribution in [0.3, 0.4) is 0 Å². The van der Waals surface area contributed by atoms with Gasteiger partial charge in [0.05, 0.1) is 49.6 Å². The quantitative estimate of drug-likeness (QED) is 0.823. The monoisotopic (exact) mass is 356 g/mol. The van der Waals surface area contributed by atoms with E-state index in [0.717, 1.165) is 57.9 Å². The van der Waals surface area contributed by atoms with E-state index in [0.29, 0.717) is 19.1 Å². The van der Waals surface area contributed by atoms with Crippen LogP contribution in [-0.4, -0.2) is 56.6 Å². The highest BCUT2D eigenvalue weighted by Gasteiger charge is 2.28. The molecule has 5 rings (SSSR count). The van der Waals surface area contributed by atoms with Crippen molar-refractivity contribution in [3.8, 4) is 0 Å². The molecule has 0 spiro atoms. The zero-order valence-electron chi connectivity index (χ0n) is 14.9. The maximum atomic E-state index is 11.9. The van der Waals surface area contributed by atoms with Crippen LogP contribution in [0, 0.1) is 0 Å². The Morgan fingerprint density at radius 3 is 3.04 bits per heavy atom. The predicted octanol–water partition coefficient (Wildman–Crippen LogP) is 1.18. The van der Waals surface area contributed by atoms with Gasteiger partial charge in [-0.2, -0.15) is 10.2 Å². The summed E-state index contributed by atoms with van der Waals surface area (Å²) in [6.45, 7) is 6.02. The van der Waals surface area contributed by atoms with Crippen molar-refractivity contribution in [3.05, 3.63) is 29.8 Å². The third-order valence-corrected chi connectivity index (χ3v) is 5.71. The molecule has 0 radical (unpaired) electrons. The Balaban J connectivity index is 1.24. The molecule has 138 valence electrons. The minimum atomic E-state index is 0.214. The second-order valence-electron chi connectivity index (χ2n) is 7.40. The summed E-state index contributed by atoms with van der Waals surface area (Å²) >= 11 is 0. The summed E-state index contributed by atoms with van der Waals surface area (Å²) in [5.41, 5.74) is 3.43. The van der Waals surface area contributed by atoms with Crippen molar-refractivity contribution in [3.63, 3.8) is 0 Å². The lowest BCUT2D eigenvalue weighted by atomic mass is 10.2. The average molecular weight is 356 g/mol. The van der Waals surface area contributed by atoms with Gasteiger partial charge in [0.15, 0.2) is 0 Å². The maximum Gasteiger partial charge on any atom is 0.227 e. The molecule has 0 aliphatic carbocycles. The number of carbonyl (C=O) groups excluding carboxylic acids is 1. The van der Waals surface area contributed by atoms with E-state index in [1.165, 1.54) is 11.3 Å². The van der Waals surface area contributed by atoms with Gasteiger partial charge in [-0.05, 0) is 12.8 Å². The van der Waals surface area contributed by atoms with E-state index in [-0.39, 0.29) is 5.91 Å². The molecule has 0 N–H and O–H groups in total. The first-order valence-electron chi connectivity index (χ1n) is 9.46. The number of rotatable bonds is 4. The zero-order valence-corrected chi connectivity index (χ0v) is 14.9. The van der Waals surface area contributed by atoms with Crippen molar-refractivity contribution in [1.82, 2.24) is 24.5 Å². The highest BCUT2D eigenvalue weighted by Crippen LogP contribution is 2.27. The molecule has 2 aromatic rings.